The third-order valence-corrected chi connectivity index (χ3v) is 4.80. The van der Waals surface area contributed by atoms with E-state index in [2.05, 4.69) is 20.3 Å². The lowest BCUT2D eigenvalue weighted by atomic mass is 10.2. The van der Waals surface area contributed by atoms with Crippen molar-refractivity contribution in [1.29, 1.82) is 5.26 Å². The number of aliphatic hydroxyl groups is 1. The number of fused-ring (bicyclic) bond motifs is 1. The van der Waals surface area contributed by atoms with Crippen LogP contribution in [-0.4, -0.2) is 50.3 Å². The zero-order valence-electron chi connectivity index (χ0n) is 15.4. The van der Waals surface area contributed by atoms with Crippen LogP contribution in [0.3, 0.4) is 0 Å². The highest BCUT2D eigenvalue weighted by atomic mass is 16.3. The van der Waals surface area contributed by atoms with Crippen LogP contribution in [-0.2, 0) is 6.54 Å². The first-order chi connectivity index (χ1) is 14.0. The minimum absolute atomic E-state index is 0.0924. The summed E-state index contributed by atoms with van der Waals surface area (Å²) < 4.78 is 0. The Bertz CT molecular complexity index is 1110. The van der Waals surface area contributed by atoms with E-state index in [9.17, 15) is 15.0 Å². The van der Waals surface area contributed by atoms with E-state index in [-0.39, 0.29) is 24.1 Å². The SMILES string of the molecule is N#Cc1ccc(CNC(=O)c2ncc3nc(N4CC[C@@H](O)C4)ccc3c2O)cn1. The number of hydrogen-bond acceptors (Lipinski definition) is 8. The number of nitriles is 1. The average Bonchev–Trinajstić information content (AvgIpc) is 3.18. The lowest BCUT2D eigenvalue weighted by Crippen LogP contribution is -2.24. The van der Waals surface area contributed by atoms with Crippen molar-refractivity contribution < 1.29 is 15.0 Å². The Labute approximate surface area is 166 Å². The number of pyridine rings is 3. The summed E-state index contributed by atoms with van der Waals surface area (Å²) >= 11 is 0. The number of carbonyl (C=O) groups is 1. The highest BCUT2D eigenvalue weighted by Gasteiger charge is 2.22. The lowest BCUT2D eigenvalue weighted by Gasteiger charge is -2.17. The minimum atomic E-state index is -0.527. The molecule has 0 radical (unpaired) electrons. The molecule has 0 aliphatic carbocycles. The van der Waals surface area contributed by atoms with Gasteiger partial charge in [0.15, 0.2) is 11.4 Å². The van der Waals surface area contributed by atoms with Crippen molar-refractivity contribution in [3.63, 3.8) is 0 Å². The number of aromatic nitrogens is 3. The number of nitrogens with zero attached hydrogens (tertiary/aromatic N) is 5. The predicted molar refractivity (Wildman–Crippen MR) is 104 cm³/mol. The Morgan fingerprint density at radius 2 is 2.14 bits per heavy atom. The third-order valence-electron chi connectivity index (χ3n) is 4.80. The summed E-state index contributed by atoms with van der Waals surface area (Å²) in [5, 5.41) is 32.1. The molecule has 0 spiro atoms. The van der Waals surface area contributed by atoms with Gasteiger partial charge >= 0.3 is 0 Å². The molecular formula is C20H18N6O3. The van der Waals surface area contributed by atoms with Gasteiger partial charge in [-0.1, -0.05) is 6.07 Å². The Morgan fingerprint density at radius 1 is 1.28 bits per heavy atom. The maximum Gasteiger partial charge on any atom is 0.274 e. The van der Waals surface area contributed by atoms with Crippen LogP contribution in [0.4, 0.5) is 5.82 Å². The van der Waals surface area contributed by atoms with Crippen LogP contribution in [0.2, 0.25) is 0 Å². The molecule has 1 amide bonds. The second-order valence-electron chi connectivity index (χ2n) is 6.79. The van der Waals surface area contributed by atoms with Crippen molar-refractivity contribution in [3.8, 4) is 11.8 Å². The Morgan fingerprint density at radius 3 is 2.83 bits per heavy atom. The molecule has 29 heavy (non-hydrogen) atoms. The molecule has 9 heteroatoms. The van der Waals surface area contributed by atoms with E-state index in [4.69, 9.17) is 5.26 Å². The first kappa shape index (κ1) is 18.6. The highest BCUT2D eigenvalue weighted by molar-refractivity contribution is 6.00. The fourth-order valence-corrected chi connectivity index (χ4v) is 3.23. The number of aromatic hydroxyl groups is 1. The van der Waals surface area contributed by atoms with Crippen LogP contribution in [0.15, 0.2) is 36.7 Å². The molecule has 0 saturated carbocycles. The van der Waals surface area contributed by atoms with Gasteiger partial charge in [0.2, 0.25) is 0 Å². The zero-order valence-corrected chi connectivity index (χ0v) is 15.4. The first-order valence-corrected chi connectivity index (χ1v) is 9.10. The fourth-order valence-electron chi connectivity index (χ4n) is 3.23. The number of amides is 1. The van der Waals surface area contributed by atoms with Gasteiger partial charge in [0.1, 0.15) is 17.6 Å². The molecule has 1 fully saturated rings. The molecule has 0 unspecified atom stereocenters. The molecular weight excluding hydrogens is 372 g/mol. The van der Waals surface area contributed by atoms with Gasteiger partial charge in [-0.05, 0) is 30.2 Å². The molecule has 3 N–H and O–H groups in total. The Balaban J connectivity index is 1.51. The smallest absolute Gasteiger partial charge is 0.274 e. The van der Waals surface area contributed by atoms with Crippen LogP contribution in [0, 0.1) is 11.3 Å². The average molecular weight is 390 g/mol. The molecule has 1 atom stereocenters. The summed E-state index contributed by atoms with van der Waals surface area (Å²) in [5.41, 5.74) is 1.39. The van der Waals surface area contributed by atoms with E-state index in [1.54, 1.807) is 24.3 Å². The van der Waals surface area contributed by atoms with E-state index in [1.807, 2.05) is 11.0 Å². The summed E-state index contributed by atoms with van der Waals surface area (Å²) in [5.74, 6) is -0.0697. The molecule has 9 nitrogen and oxygen atoms in total. The van der Waals surface area contributed by atoms with Gasteiger partial charge in [-0.15, -0.1) is 0 Å². The van der Waals surface area contributed by atoms with Crippen LogP contribution >= 0.6 is 0 Å². The van der Waals surface area contributed by atoms with E-state index >= 15 is 0 Å². The van der Waals surface area contributed by atoms with Gasteiger partial charge in [0, 0.05) is 31.2 Å². The maximum absolute atomic E-state index is 12.5. The van der Waals surface area contributed by atoms with Gasteiger partial charge in [0.25, 0.3) is 5.91 Å². The van der Waals surface area contributed by atoms with Crippen molar-refractivity contribution in [3.05, 3.63) is 53.6 Å². The molecule has 3 aromatic rings. The molecule has 1 aliphatic heterocycles. The largest absolute Gasteiger partial charge is 0.505 e. The summed E-state index contributed by atoms with van der Waals surface area (Å²) in [4.78, 5) is 26.9. The van der Waals surface area contributed by atoms with Crippen molar-refractivity contribution in [1.82, 2.24) is 20.3 Å². The molecule has 3 aromatic heterocycles. The van der Waals surface area contributed by atoms with Gasteiger partial charge < -0.3 is 20.4 Å². The number of β-amino-alcohol motifs (C(OH)–C–C–N with tert-alkyl or cyclic N) is 1. The van der Waals surface area contributed by atoms with Crippen LogP contribution in [0.5, 0.6) is 5.75 Å². The van der Waals surface area contributed by atoms with E-state index in [0.717, 1.165) is 5.56 Å². The summed E-state index contributed by atoms with van der Waals surface area (Å²) in [7, 11) is 0. The second-order valence-corrected chi connectivity index (χ2v) is 6.79. The van der Waals surface area contributed by atoms with Crippen molar-refractivity contribution in [2.75, 3.05) is 18.0 Å². The van der Waals surface area contributed by atoms with Crippen molar-refractivity contribution in [2.24, 2.45) is 0 Å². The number of aliphatic hydroxyl groups excluding tert-OH is 1. The predicted octanol–water partition coefficient (Wildman–Crippen LogP) is 1.10. The second kappa shape index (κ2) is 7.69. The Kier molecular flexibility index (Phi) is 4.93. The van der Waals surface area contributed by atoms with Crippen molar-refractivity contribution >= 4 is 22.6 Å². The normalized spacial score (nSPS) is 16.0. The van der Waals surface area contributed by atoms with E-state index in [0.29, 0.717) is 41.9 Å². The first-order valence-electron chi connectivity index (χ1n) is 9.10. The number of hydrogen-bond donors (Lipinski definition) is 3. The summed E-state index contributed by atoms with van der Waals surface area (Å²) in [6.45, 7) is 1.41. The minimum Gasteiger partial charge on any atom is -0.505 e. The lowest BCUT2D eigenvalue weighted by molar-refractivity contribution is 0.0943. The standard InChI is InChI=1S/C20H18N6O3/c21-7-13-2-1-12(8-22-13)9-24-20(29)18-19(28)15-3-4-17(25-16(15)10-23-18)26-6-5-14(27)11-26/h1-4,8,10,14,27-28H,5-6,9,11H2,(H,24,29)/t14-/m1/s1. The molecule has 4 rings (SSSR count). The number of nitrogens with one attached hydrogen (secondary N) is 1. The number of carbonyl (C=O) groups excluding carboxylic acids is 1. The highest BCUT2D eigenvalue weighted by Crippen LogP contribution is 2.29. The van der Waals surface area contributed by atoms with Crippen LogP contribution in [0.25, 0.3) is 10.9 Å². The van der Waals surface area contributed by atoms with Gasteiger partial charge in [-0.3, -0.25) is 4.79 Å². The third kappa shape index (κ3) is 3.79. The van der Waals surface area contributed by atoms with Gasteiger partial charge in [-0.2, -0.15) is 5.26 Å². The van der Waals surface area contributed by atoms with Crippen molar-refractivity contribution in [2.45, 2.75) is 19.1 Å². The molecule has 0 bridgehead atoms. The monoisotopic (exact) mass is 390 g/mol. The number of rotatable bonds is 4. The zero-order chi connectivity index (χ0) is 20.4. The van der Waals surface area contributed by atoms with Crippen LogP contribution in [0.1, 0.15) is 28.2 Å². The van der Waals surface area contributed by atoms with Gasteiger partial charge in [-0.25, -0.2) is 15.0 Å². The topological polar surface area (TPSA) is 135 Å². The van der Waals surface area contributed by atoms with Crippen LogP contribution < -0.4 is 10.2 Å². The summed E-state index contributed by atoms with van der Waals surface area (Å²) in [6.07, 6.45) is 3.28. The fraction of sp³-hybridized carbons (Fsp3) is 0.250. The van der Waals surface area contributed by atoms with E-state index in [1.165, 1.54) is 12.4 Å². The number of anilines is 1. The molecule has 0 aromatic carbocycles. The molecule has 1 saturated heterocycles. The maximum atomic E-state index is 12.5. The molecule has 4 heterocycles. The van der Waals surface area contributed by atoms with E-state index < -0.39 is 5.91 Å². The molecule has 1 aliphatic rings. The molecule has 146 valence electrons. The Hall–Kier alpha value is -3.77. The van der Waals surface area contributed by atoms with Gasteiger partial charge in [0.05, 0.1) is 17.8 Å². The quantitative estimate of drug-likeness (QED) is 0.603. The summed E-state index contributed by atoms with van der Waals surface area (Å²) in [6, 6.07) is 8.64.